The van der Waals surface area contributed by atoms with E-state index in [2.05, 4.69) is 42.7 Å². The summed E-state index contributed by atoms with van der Waals surface area (Å²) in [5, 5.41) is 7.38. The summed E-state index contributed by atoms with van der Waals surface area (Å²) in [4.78, 5) is 2.66. The maximum atomic E-state index is 13.5. The van der Waals surface area contributed by atoms with Gasteiger partial charge in [0, 0.05) is 45.9 Å². The molecule has 1 saturated carbocycles. The van der Waals surface area contributed by atoms with Gasteiger partial charge in [-0.2, -0.15) is 0 Å². The van der Waals surface area contributed by atoms with Gasteiger partial charge in [0.25, 0.3) is 0 Å². The number of hydrogen-bond acceptors (Lipinski definition) is 9. The minimum absolute atomic E-state index is 0.100. The Hall–Kier alpha value is -0.370. The highest BCUT2D eigenvalue weighted by Crippen LogP contribution is 2.33. The van der Waals surface area contributed by atoms with Gasteiger partial charge in [-0.3, -0.25) is 10.9 Å². The Labute approximate surface area is 205 Å². The Morgan fingerprint density at radius 2 is 1.82 bits per heavy atom. The molecule has 0 radical (unpaired) electrons. The molecule has 4 N–H and O–H groups in total. The third-order valence-corrected chi connectivity index (χ3v) is 10.9. The van der Waals surface area contributed by atoms with E-state index in [1.54, 1.807) is 7.11 Å². The standard InChI is InChI=1S/C23H45N7O3S/c1-16-7-10-29(11-8-16)18-6-9-24-21(12-18)30-15-19(14-26-30)34(31,32)27-22-20(33-3)5-4-17-13-25-28(2)23(17)22/h16-27H,4-15H2,1-3H3. The third-order valence-electron chi connectivity index (χ3n) is 9.15. The van der Waals surface area contributed by atoms with E-state index < -0.39 is 15.3 Å². The van der Waals surface area contributed by atoms with Crippen molar-refractivity contribution >= 4 is 10.0 Å². The second-order valence-electron chi connectivity index (χ2n) is 11.3. The number of nitrogens with one attached hydrogen (secondary N) is 4. The third kappa shape index (κ3) is 5.19. The molecule has 5 rings (SSSR count). The van der Waals surface area contributed by atoms with Crippen molar-refractivity contribution in [3.05, 3.63) is 0 Å². The number of rotatable bonds is 6. The van der Waals surface area contributed by atoms with Crippen molar-refractivity contribution in [3.8, 4) is 0 Å². The number of likely N-dealkylation sites (tertiary alicyclic amines) is 1. The summed E-state index contributed by atoms with van der Waals surface area (Å²) in [6, 6.07) is 0.467. The van der Waals surface area contributed by atoms with E-state index in [-0.39, 0.29) is 24.4 Å². The van der Waals surface area contributed by atoms with Gasteiger partial charge < -0.3 is 15.0 Å². The SMILES string of the molecule is COC1CCC2CNN(C)C2C1NS(=O)(=O)C1CNN(C2CC(N3CCC(C)CC3)CCN2)C1. The van der Waals surface area contributed by atoms with Gasteiger partial charge in [0.1, 0.15) is 5.25 Å². The molecule has 0 bridgehead atoms. The van der Waals surface area contributed by atoms with Crippen LogP contribution in [0.4, 0.5) is 0 Å². The van der Waals surface area contributed by atoms with Crippen LogP contribution < -0.4 is 20.9 Å². The summed E-state index contributed by atoms with van der Waals surface area (Å²) in [6.07, 6.45) is 6.81. The molecule has 11 heteroatoms. The number of fused-ring (bicyclic) bond motifs is 1. The van der Waals surface area contributed by atoms with Gasteiger partial charge in [0.05, 0.1) is 18.3 Å². The minimum atomic E-state index is -3.50. The topological polar surface area (TPSA) is 101 Å². The molecule has 34 heavy (non-hydrogen) atoms. The normalized spacial score (nSPS) is 41.7. The average Bonchev–Trinajstić information content (AvgIpc) is 3.48. The van der Waals surface area contributed by atoms with Crippen LogP contribution in [0.1, 0.15) is 45.4 Å². The highest BCUT2D eigenvalue weighted by molar-refractivity contribution is 7.90. The zero-order valence-corrected chi connectivity index (χ0v) is 21.9. The van der Waals surface area contributed by atoms with Crippen molar-refractivity contribution in [2.45, 2.75) is 81.1 Å². The van der Waals surface area contributed by atoms with Gasteiger partial charge in [-0.25, -0.2) is 23.2 Å². The van der Waals surface area contributed by atoms with Crippen LogP contribution >= 0.6 is 0 Å². The van der Waals surface area contributed by atoms with Gasteiger partial charge in [-0.15, -0.1) is 0 Å². The number of methoxy groups -OCH3 is 1. The molecular weight excluding hydrogens is 454 g/mol. The molecular formula is C23H45N7O3S. The molecule has 10 nitrogen and oxygen atoms in total. The fourth-order valence-electron chi connectivity index (χ4n) is 6.94. The van der Waals surface area contributed by atoms with Crippen LogP contribution in [0, 0.1) is 11.8 Å². The first-order valence-electron chi connectivity index (χ1n) is 13.3. The van der Waals surface area contributed by atoms with Gasteiger partial charge in [0.2, 0.25) is 10.0 Å². The fraction of sp³-hybridized carbons (Fsp3) is 1.00. The molecule has 0 spiro atoms. The predicted molar refractivity (Wildman–Crippen MR) is 132 cm³/mol. The van der Waals surface area contributed by atoms with E-state index in [0.717, 1.165) is 38.3 Å². The summed E-state index contributed by atoms with van der Waals surface area (Å²) in [5.74, 6) is 1.29. The Balaban J connectivity index is 1.20. The minimum Gasteiger partial charge on any atom is -0.380 e. The summed E-state index contributed by atoms with van der Waals surface area (Å²) in [7, 11) is 0.204. The van der Waals surface area contributed by atoms with Crippen LogP contribution in [0.2, 0.25) is 0 Å². The van der Waals surface area contributed by atoms with Crippen molar-refractivity contribution in [2.75, 3.05) is 53.4 Å². The largest absolute Gasteiger partial charge is 0.380 e. The van der Waals surface area contributed by atoms with E-state index in [4.69, 9.17) is 4.74 Å². The number of piperidine rings is 2. The summed E-state index contributed by atoms with van der Waals surface area (Å²) in [5.41, 5.74) is 6.79. The molecule has 5 fully saturated rings. The van der Waals surface area contributed by atoms with Crippen LogP contribution in [0.15, 0.2) is 0 Å². The van der Waals surface area contributed by atoms with Gasteiger partial charge in [-0.1, -0.05) is 6.92 Å². The monoisotopic (exact) mass is 499 g/mol. The lowest BCUT2D eigenvalue weighted by atomic mass is 9.80. The van der Waals surface area contributed by atoms with E-state index in [1.165, 1.54) is 32.4 Å². The van der Waals surface area contributed by atoms with Crippen LogP contribution in [-0.2, 0) is 14.8 Å². The number of hydrazine groups is 2. The predicted octanol–water partition coefficient (Wildman–Crippen LogP) is -0.483. The molecule has 5 aliphatic rings. The zero-order chi connectivity index (χ0) is 23.9. The van der Waals surface area contributed by atoms with Gasteiger partial charge in [0.15, 0.2) is 0 Å². The number of hydrogen-bond donors (Lipinski definition) is 4. The number of ether oxygens (including phenoxy) is 1. The van der Waals surface area contributed by atoms with E-state index in [0.29, 0.717) is 25.0 Å². The summed E-state index contributed by atoms with van der Waals surface area (Å²) >= 11 is 0. The second-order valence-corrected chi connectivity index (χ2v) is 13.3. The van der Waals surface area contributed by atoms with Crippen LogP contribution in [0.3, 0.4) is 0 Å². The Bertz CT molecular complexity index is 793. The smallest absolute Gasteiger partial charge is 0.217 e. The molecule has 0 aromatic carbocycles. The van der Waals surface area contributed by atoms with Crippen molar-refractivity contribution in [1.29, 1.82) is 0 Å². The first-order valence-corrected chi connectivity index (χ1v) is 14.9. The number of sulfonamides is 1. The van der Waals surface area contributed by atoms with Crippen LogP contribution in [0.5, 0.6) is 0 Å². The first-order chi connectivity index (χ1) is 16.4. The molecule has 4 aliphatic heterocycles. The molecule has 7 atom stereocenters. The fourth-order valence-corrected chi connectivity index (χ4v) is 8.45. The van der Waals surface area contributed by atoms with Gasteiger partial charge in [-0.05, 0) is 70.0 Å². The number of likely N-dealkylation sites (N-methyl/N-ethyl adjacent to an activating group) is 1. The lowest BCUT2D eigenvalue weighted by molar-refractivity contribution is 0.00327. The average molecular weight is 500 g/mol. The quantitative estimate of drug-likeness (QED) is 0.386. The molecule has 4 saturated heterocycles. The molecule has 0 aromatic heterocycles. The zero-order valence-electron chi connectivity index (χ0n) is 21.1. The molecule has 1 aliphatic carbocycles. The molecule has 196 valence electrons. The molecule has 4 heterocycles. The van der Waals surface area contributed by atoms with Crippen LogP contribution in [-0.4, -0.2) is 112 Å². The van der Waals surface area contributed by atoms with E-state index >= 15 is 0 Å². The van der Waals surface area contributed by atoms with Crippen molar-refractivity contribution in [2.24, 2.45) is 11.8 Å². The highest BCUT2D eigenvalue weighted by atomic mass is 32.2. The van der Waals surface area contributed by atoms with Crippen LogP contribution in [0.25, 0.3) is 0 Å². The summed E-state index contributed by atoms with van der Waals surface area (Å²) in [6.45, 7) is 7.58. The number of nitrogens with zero attached hydrogens (tertiary/aromatic N) is 3. The van der Waals surface area contributed by atoms with Crippen molar-refractivity contribution in [1.82, 2.24) is 35.8 Å². The van der Waals surface area contributed by atoms with Crippen molar-refractivity contribution < 1.29 is 13.2 Å². The Kier molecular flexibility index (Phi) is 7.85. The Morgan fingerprint density at radius 1 is 1.03 bits per heavy atom. The van der Waals surface area contributed by atoms with E-state index in [1.807, 2.05) is 7.05 Å². The maximum Gasteiger partial charge on any atom is 0.217 e. The highest BCUT2D eigenvalue weighted by Gasteiger charge is 2.48. The lowest BCUT2D eigenvalue weighted by Crippen LogP contribution is -2.61. The van der Waals surface area contributed by atoms with Gasteiger partial charge >= 0.3 is 0 Å². The Morgan fingerprint density at radius 3 is 2.59 bits per heavy atom. The van der Waals surface area contributed by atoms with E-state index in [9.17, 15) is 8.42 Å². The lowest BCUT2D eigenvalue weighted by Gasteiger charge is -2.43. The molecule has 0 aromatic rings. The van der Waals surface area contributed by atoms with Crippen molar-refractivity contribution in [3.63, 3.8) is 0 Å². The molecule has 7 unspecified atom stereocenters. The molecule has 0 amide bonds. The second kappa shape index (κ2) is 10.5. The summed E-state index contributed by atoms with van der Waals surface area (Å²) < 4.78 is 35.9. The first kappa shape index (κ1) is 25.3. The maximum absolute atomic E-state index is 13.5.